The van der Waals surface area contributed by atoms with Crippen molar-refractivity contribution in [2.24, 2.45) is 0 Å². The summed E-state index contributed by atoms with van der Waals surface area (Å²) in [6, 6.07) is 16.7. The average Bonchev–Trinajstić information content (AvgIpc) is 2.94. The van der Waals surface area contributed by atoms with E-state index in [0.29, 0.717) is 22.8 Å². The molecule has 0 heterocycles. The van der Waals surface area contributed by atoms with Crippen LogP contribution in [-0.2, 0) is 26.2 Å². The Hall–Kier alpha value is -3.27. The van der Waals surface area contributed by atoms with Gasteiger partial charge in [0.1, 0.15) is 18.3 Å². The van der Waals surface area contributed by atoms with Crippen molar-refractivity contribution in [3.05, 3.63) is 87.9 Å². The molecule has 0 saturated carbocycles. The molecule has 0 fully saturated rings. The van der Waals surface area contributed by atoms with Gasteiger partial charge in [-0.2, -0.15) is 0 Å². The molecule has 0 saturated heterocycles. The number of ether oxygens (including phenoxy) is 1. The average molecular weight is 621 g/mol. The first-order chi connectivity index (χ1) is 19.4. The zero-order chi connectivity index (χ0) is 30.3. The molecular weight excluding hydrogens is 585 g/mol. The minimum Gasteiger partial charge on any atom is -0.495 e. The second-order valence-corrected chi connectivity index (χ2v) is 12.5. The fourth-order valence-corrected chi connectivity index (χ4v) is 5.93. The van der Waals surface area contributed by atoms with Crippen molar-refractivity contribution < 1.29 is 22.7 Å². The predicted molar refractivity (Wildman–Crippen MR) is 163 cm³/mol. The molecule has 1 N–H and O–H groups in total. The molecule has 2 unspecified atom stereocenters. The van der Waals surface area contributed by atoms with Gasteiger partial charge in [0, 0.05) is 17.6 Å². The number of carbonyl (C=O) groups is 2. The Balaban J connectivity index is 2.06. The first-order valence-corrected chi connectivity index (χ1v) is 15.3. The highest BCUT2D eigenvalue weighted by atomic mass is 35.5. The second-order valence-electron chi connectivity index (χ2n) is 9.79. The Bertz CT molecular complexity index is 1480. The number of benzene rings is 3. The summed E-state index contributed by atoms with van der Waals surface area (Å²) in [6.45, 7) is 6.73. The largest absolute Gasteiger partial charge is 0.495 e. The number of carbonyl (C=O) groups excluding carboxylic acids is 2. The van der Waals surface area contributed by atoms with Crippen LogP contribution < -0.4 is 14.4 Å². The molecule has 0 radical (unpaired) electrons. The third-order valence-corrected chi connectivity index (χ3v) is 9.04. The van der Waals surface area contributed by atoms with E-state index < -0.39 is 28.5 Å². The van der Waals surface area contributed by atoms with Gasteiger partial charge in [-0.3, -0.25) is 13.9 Å². The zero-order valence-corrected chi connectivity index (χ0v) is 26.1. The van der Waals surface area contributed by atoms with Crippen molar-refractivity contribution in [2.45, 2.75) is 57.6 Å². The Morgan fingerprint density at radius 2 is 1.68 bits per heavy atom. The number of anilines is 1. The summed E-state index contributed by atoms with van der Waals surface area (Å²) in [6.07, 6.45) is 0.710. The number of nitrogens with zero attached hydrogens (tertiary/aromatic N) is 2. The van der Waals surface area contributed by atoms with Gasteiger partial charge in [-0.25, -0.2) is 8.42 Å². The molecular formula is C30H35Cl2N3O5S. The van der Waals surface area contributed by atoms with Crippen LogP contribution in [0, 0.1) is 6.92 Å². The Morgan fingerprint density at radius 1 is 1.00 bits per heavy atom. The summed E-state index contributed by atoms with van der Waals surface area (Å²) in [5, 5.41) is 3.56. The first-order valence-electron chi connectivity index (χ1n) is 13.1. The van der Waals surface area contributed by atoms with Crippen molar-refractivity contribution in [3.8, 4) is 5.75 Å². The van der Waals surface area contributed by atoms with Crippen LogP contribution in [-0.4, -0.2) is 50.9 Å². The van der Waals surface area contributed by atoms with E-state index in [0.717, 1.165) is 9.87 Å². The van der Waals surface area contributed by atoms with E-state index in [-0.39, 0.29) is 34.1 Å². The fourth-order valence-electron chi connectivity index (χ4n) is 4.06. The quantitative estimate of drug-likeness (QED) is 0.275. The van der Waals surface area contributed by atoms with E-state index in [4.69, 9.17) is 27.9 Å². The number of methoxy groups -OCH3 is 1. The molecule has 11 heteroatoms. The molecule has 2 atom stereocenters. The van der Waals surface area contributed by atoms with Crippen LogP contribution >= 0.6 is 23.2 Å². The van der Waals surface area contributed by atoms with Gasteiger partial charge in [0.25, 0.3) is 10.0 Å². The number of aryl methyl sites for hydroxylation is 1. The molecule has 0 aliphatic heterocycles. The van der Waals surface area contributed by atoms with Crippen molar-refractivity contribution >= 4 is 50.7 Å². The van der Waals surface area contributed by atoms with Gasteiger partial charge in [-0.05, 0) is 75.2 Å². The van der Waals surface area contributed by atoms with E-state index in [1.165, 1.54) is 42.3 Å². The Kier molecular flexibility index (Phi) is 11.1. The van der Waals surface area contributed by atoms with E-state index >= 15 is 0 Å². The van der Waals surface area contributed by atoms with Crippen molar-refractivity contribution in [2.75, 3.05) is 18.0 Å². The van der Waals surface area contributed by atoms with Crippen LogP contribution in [0.2, 0.25) is 10.0 Å². The third kappa shape index (κ3) is 8.15. The molecule has 3 rings (SSSR count). The molecule has 0 aromatic heterocycles. The molecule has 2 amide bonds. The smallest absolute Gasteiger partial charge is 0.264 e. The number of sulfonamides is 1. The fraction of sp³-hybridized carbons (Fsp3) is 0.333. The van der Waals surface area contributed by atoms with Crippen LogP contribution in [0.15, 0.2) is 71.6 Å². The number of halogens is 2. The molecule has 0 bridgehead atoms. The van der Waals surface area contributed by atoms with Gasteiger partial charge >= 0.3 is 0 Å². The lowest BCUT2D eigenvalue weighted by molar-refractivity contribution is -0.139. The molecule has 0 spiro atoms. The lowest BCUT2D eigenvalue weighted by atomic mass is 10.1. The number of nitrogens with one attached hydrogen (secondary N) is 1. The Morgan fingerprint density at radius 3 is 2.27 bits per heavy atom. The third-order valence-electron chi connectivity index (χ3n) is 6.72. The van der Waals surface area contributed by atoms with Gasteiger partial charge in [0.15, 0.2) is 0 Å². The molecule has 0 aliphatic rings. The molecule has 8 nitrogen and oxygen atoms in total. The minimum atomic E-state index is -4.22. The Labute approximate surface area is 252 Å². The van der Waals surface area contributed by atoms with Crippen molar-refractivity contribution in [3.63, 3.8) is 0 Å². The lowest BCUT2D eigenvalue weighted by Gasteiger charge is -2.32. The maximum atomic E-state index is 14.0. The van der Waals surface area contributed by atoms with Gasteiger partial charge in [0.05, 0.1) is 22.7 Å². The number of hydrogen-bond donors (Lipinski definition) is 1. The molecule has 41 heavy (non-hydrogen) atoms. The summed E-state index contributed by atoms with van der Waals surface area (Å²) in [5.74, 6) is -0.582. The van der Waals surface area contributed by atoms with E-state index in [2.05, 4.69) is 5.32 Å². The predicted octanol–water partition coefficient (Wildman–Crippen LogP) is 5.84. The topological polar surface area (TPSA) is 96.0 Å². The standard InChI is InChI=1S/C30H35Cl2N3O5S/c1-6-21(3)33-30(37)22(4)34(18-23-8-7-9-24(31)16-23)29(36)19-35(25-12-15-28(40-5)27(32)17-25)41(38,39)26-13-10-20(2)11-14-26/h7-17,21-22H,6,18-19H2,1-5H3,(H,33,37). The van der Waals surface area contributed by atoms with Gasteiger partial charge < -0.3 is 15.0 Å². The maximum absolute atomic E-state index is 14.0. The highest BCUT2D eigenvalue weighted by Crippen LogP contribution is 2.32. The maximum Gasteiger partial charge on any atom is 0.264 e. The lowest BCUT2D eigenvalue weighted by Crippen LogP contribution is -2.52. The second kappa shape index (κ2) is 14.1. The summed E-state index contributed by atoms with van der Waals surface area (Å²) < 4.78 is 34.1. The normalized spacial score (nSPS) is 12.8. The van der Waals surface area contributed by atoms with Gasteiger partial charge in [0.2, 0.25) is 11.8 Å². The zero-order valence-electron chi connectivity index (χ0n) is 23.7. The van der Waals surface area contributed by atoms with Gasteiger partial charge in [-0.1, -0.05) is 60.0 Å². The number of rotatable bonds is 12. The van der Waals surface area contributed by atoms with E-state index in [1.807, 2.05) is 20.8 Å². The monoisotopic (exact) mass is 619 g/mol. The van der Waals surface area contributed by atoms with E-state index in [1.54, 1.807) is 43.3 Å². The first kappa shape index (κ1) is 32.2. The number of hydrogen-bond acceptors (Lipinski definition) is 5. The van der Waals surface area contributed by atoms with Gasteiger partial charge in [-0.15, -0.1) is 0 Å². The minimum absolute atomic E-state index is 0.00629. The van der Waals surface area contributed by atoms with Crippen LogP contribution in [0.3, 0.4) is 0 Å². The molecule has 220 valence electrons. The molecule has 3 aromatic carbocycles. The summed E-state index contributed by atoms with van der Waals surface area (Å²) >= 11 is 12.5. The van der Waals surface area contributed by atoms with Crippen molar-refractivity contribution in [1.82, 2.24) is 10.2 Å². The SMILES string of the molecule is CCC(C)NC(=O)C(C)N(Cc1cccc(Cl)c1)C(=O)CN(c1ccc(OC)c(Cl)c1)S(=O)(=O)c1ccc(C)cc1. The molecule has 3 aromatic rings. The summed E-state index contributed by atoms with van der Waals surface area (Å²) in [7, 11) is -2.77. The van der Waals surface area contributed by atoms with E-state index in [9.17, 15) is 18.0 Å². The van der Waals surface area contributed by atoms with Crippen LogP contribution in [0.5, 0.6) is 5.75 Å². The highest BCUT2D eigenvalue weighted by Gasteiger charge is 2.33. The summed E-state index contributed by atoms with van der Waals surface area (Å²) in [5.41, 5.74) is 1.74. The van der Waals surface area contributed by atoms with Crippen LogP contribution in [0.25, 0.3) is 0 Å². The van der Waals surface area contributed by atoms with Crippen LogP contribution in [0.1, 0.15) is 38.3 Å². The van der Waals surface area contributed by atoms with Crippen molar-refractivity contribution in [1.29, 1.82) is 0 Å². The van der Waals surface area contributed by atoms with Crippen LogP contribution in [0.4, 0.5) is 5.69 Å². The highest BCUT2D eigenvalue weighted by molar-refractivity contribution is 7.92. The number of amides is 2. The summed E-state index contributed by atoms with van der Waals surface area (Å²) in [4.78, 5) is 28.5. The molecule has 0 aliphatic carbocycles.